The number of hydrogen-bond acceptors (Lipinski definition) is 8. The van der Waals surface area contributed by atoms with Crippen molar-refractivity contribution < 1.29 is 19.2 Å². The summed E-state index contributed by atoms with van der Waals surface area (Å²) in [7, 11) is 0. The highest BCUT2D eigenvalue weighted by molar-refractivity contribution is 5.80. The average Bonchev–Trinajstić information content (AvgIpc) is 3.23. The van der Waals surface area contributed by atoms with Crippen molar-refractivity contribution in [1.29, 1.82) is 0 Å². The summed E-state index contributed by atoms with van der Waals surface area (Å²) in [4.78, 5) is 15.0. The summed E-state index contributed by atoms with van der Waals surface area (Å²) in [5, 5.41) is 19.6. The van der Waals surface area contributed by atoms with E-state index in [9.17, 15) is 4.79 Å². The van der Waals surface area contributed by atoms with Crippen molar-refractivity contribution in [3.8, 4) is 11.3 Å². The van der Waals surface area contributed by atoms with Gasteiger partial charge in [-0.05, 0) is 5.56 Å². The van der Waals surface area contributed by atoms with Crippen LogP contribution < -0.4 is 0 Å². The lowest BCUT2D eigenvalue weighted by Gasteiger charge is -2.33. The molecule has 1 N–H and O–H groups in total. The van der Waals surface area contributed by atoms with Crippen LogP contribution in [0.25, 0.3) is 11.3 Å². The maximum Gasteiger partial charge on any atom is 0.317 e. The van der Waals surface area contributed by atoms with Gasteiger partial charge in [0.2, 0.25) is 0 Å². The van der Waals surface area contributed by atoms with Crippen molar-refractivity contribution in [2.75, 3.05) is 59.0 Å². The topological polar surface area (TPSA) is 94.6 Å². The van der Waals surface area contributed by atoms with Crippen LogP contribution in [-0.4, -0.2) is 96.3 Å². The second-order valence-electron chi connectivity index (χ2n) is 7.56. The Bertz CT molecular complexity index is 853. The van der Waals surface area contributed by atoms with Crippen LogP contribution in [0.4, 0.5) is 0 Å². The molecule has 4 rings (SSSR count). The fraction of sp³-hybridized carbons (Fsp3) is 0.476. The molecular formula is C21H27N5O4. The third-order valence-corrected chi connectivity index (χ3v) is 5.33. The van der Waals surface area contributed by atoms with Gasteiger partial charge in [0.1, 0.15) is 5.69 Å². The van der Waals surface area contributed by atoms with E-state index in [1.807, 2.05) is 46.5 Å². The molecule has 1 aromatic heterocycles. The van der Waals surface area contributed by atoms with Gasteiger partial charge >= 0.3 is 5.97 Å². The Morgan fingerprint density at radius 1 is 1.07 bits per heavy atom. The number of ether oxygens (including phenoxy) is 1. The Balaban J connectivity index is 1.29. The van der Waals surface area contributed by atoms with Crippen molar-refractivity contribution in [3.05, 3.63) is 41.7 Å². The monoisotopic (exact) mass is 413 g/mol. The highest BCUT2D eigenvalue weighted by Gasteiger charge is 2.20. The number of carboxylic acids is 1. The zero-order valence-electron chi connectivity index (χ0n) is 16.9. The van der Waals surface area contributed by atoms with Crippen molar-refractivity contribution in [2.45, 2.75) is 6.54 Å². The van der Waals surface area contributed by atoms with Gasteiger partial charge in [-0.25, -0.2) is 0 Å². The second-order valence-corrected chi connectivity index (χ2v) is 7.56. The standard InChI is InChI=1S/C21H27N5O4/c27-21(28)16-25-7-5-24(6-8-25)15-19-13-20(23-30-19)18-3-1-17(2-4-18)14-22-26-9-11-29-12-10-26/h1-4,13-14H,5-12,15-16H2,(H,27,28). The number of aromatic nitrogens is 1. The number of nitrogens with zero attached hydrogens (tertiary/aromatic N) is 5. The average molecular weight is 413 g/mol. The Morgan fingerprint density at radius 3 is 2.47 bits per heavy atom. The van der Waals surface area contributed by atoms with Crippen LogP contribution in [0.5, 0.6) is 0 Å². The highest BCUT2D eigenvalue weighted by Crippen LogP contribution is 2.20. The zero-order valence-corrected chi connectivity index (χ0v) is 16.9. The minimum Gasteiger partial charge on any atom is -0.480 e. The molecule has 2 aliphatic heterocycles. The number of aliphatic carboxylic acids is 1. The minimum absolute atomic E-state index is 0.105. The minimum atomic E-state index is -0.776. The molecule has 9 nitrogen and oxygen atoms in total. The molecule has 1 aromatic carbocycles. The summed E-state index contributed by atoms with van der Waals surface area (Å²) < 4.78 is 10.9. The van der Waals surface area contributed by atoms with Gasteiger partial charge in [0.15, 0.2) is 5.76 Å². The number of piperazine rings is 1. The molecule has 160 valence electrons. The van der Waals surface area contributed by atoms with E-state index in [-0.39, 0.29) is 6.54 Å². The van der Waals surface area contributed by atoms with Crippen molar-refractivity contribution >= 4 is 12.2 Å². The molecule has 0 amide bonds. The van der Waals surface area contributed by atoms with Crippen LogP contribution in [-0.2, 0) is 16.1 Å². The van der Waals surface area contributed by atoms with Crippen molar-refractivity contribution in [2.24, 2.45) is 5.10 Å². The van der Waals surface area contributed by atoms with Crippen LogP contribution in [0.15, 0.2) is 40.0 Å². The fourth-order valence-corrected chi connectivity index (χ4v) is 3.60. The predicted octanol–water partition coefficient (Wildman–Crippen LogP) is 1.21. The number of morpholine rings is 1. The molecule has 9 heteroatoms. The summed E-state index contributed by atoms with van der Waals surface area (Å²) in [5.74, 6) is 0.0383. The first-order valence-corrected chi connectivity index (χ1v) is 10.2. The number of carboxylic acid groups (broad SMARTS) is 1. The zero-order chi connectivity index (χ0) is 20.8. The molecule has 0 saturated carbocycles. The van der Waals surface area contributed by atoms with Gasteiger partial charge in [-0.15, -0.1) is 0 Å². The summed E-state index contributed by atoms with van der Waals surface area (Å²) >= 11 is 0. The third kappa shape index (κ3) is 5.65. The third-order valence-electron chi connectivity index (χ3n) is 5.33. The number of hydrogen-bond donors (Lipinski definition) is 1. The number of hydrazone groups is 1. The van der Waals surface area contributed by atoms with Gasteiger partial charge in [-0.3, -0.25) is 19.6 Å². The molecule has 0 spiro atoms. The lowest BCUT2D eigenvalue weighted by molar-refractivity contribution is -0.138. The Hall–Kier alpha value is -2.75. The van der Waals surface area contributed by atoms with Gasteiger partial charge in [-0.2, -0.15) is 5.10 Å². The largest absolute Gasteiger partial charge is 0.480 e. The molecule has 3 heterocycles. The van der Waals surface area contributed by atoms with E-state index in [4.69, 9.17) is 14.4 Å². The van der Waals surface area contributed by atoms with Crippen LogP contribution in [0.2, 0.25) is 0 Å². The summed E-state index contributed by atoms with van der Waals surface area (Å²) in [5.41, 5.74) is 2.85. The smallest absolute Gasteiger partial charge is 0.317 e. The van der Waals surface area contributed by atoms with E-state index in [2.05, 4.69) is 15.2 Å². The van der Waals surface area contributed by atoms with Crippen molar-refractivity contribution in [3.63, 3.8) is 0 Å². The molecular weight excluding hydrogens is 386 g/mol. The summed E-state index contributed by atoms with van der Waals surface area (Å²) in [6.07, 6.45) is 1.87. The Morgan fingerprint density at radius 2 is 1.77 bits per heavy atom. The Labute approximate surface area is 175 Å². The lowest BCUT2D eigenvalue weighted by Crippen LogP contribution is -2.47. The molecule has 2 saturated heterocycles. The SMILES string of the molecule is O=C(O)CN1CCN(Cc2cc(-c3ccc(C=NN4CCOCC4)cc3)no2)CC1. The number of carbonyl (C=O) groups is 1. The predicted molar refractivity (Wildman–Crippen MR) is 111 cm³/mol. The second kappa shape index (κ2) is 9.84. The molecule has 2 aliphatic rings. The van der Waals surface area contributed by atoms with Gasteiger partial charge in [0, 0.05) is 37.8 Å². The molecule has 0 unspecified atom stereocenters. The van der Waals surface area contributed by atoms with Crippen LogP contribution in [0.1, 0.15) is 11.3 Å². The van der Waals surface area contributed by atoms with Gasteiger partial charge < -0.3 is 14.4 Å². The maximum atomic E-state index is 10.8. The fourth-order valence-electron chi connectivity index (χ4n) is 3.60. The van der Waals surface area contributed by atoms with E-state index >= 15 is 0 Å². The molecule has 0 radical (unpaired) electrons. The lowest BCUT2D eigenvalue weighted by atomic mass is 10.1. The molecule has 0 aliphatic carbocycles. The Kier molecular flexibility index (Phi) is 6.73. The molecule has 2 aromatic rings. The summed E-state index contributed by atoms with van der Waals surface area (Å²) in [6.45, 7) is 7.02. The first kappa shape index (κ1) is 20.5. The molecule has 0 bridgehead atoms. The van der Waals surface area contributed by atoms with Crippen molar-refractivity contribution in [1.82, 2.24) is 20.0 Å². The molecule has 30 heavy (non-hydrogen) atoms. The van der Waals surface area contributed by atoms with E-state index in [1.165, 1.54) is 0 Å². The molecule has 0 atom stereocenters. The maximum absolute atomic E-state index is 10.8. The summed E-state index contributed by atoms with van der Waals surface area (Å²) in [6, 6.07) is 10.1. The van der Waals surface area contributed by atoms with E-state index in [0.717, 1.165) is 75.1 Å². The van der Waals surface area contributed by atoms with Gasteiger partial charge in [-0.1, -0.05) is 29.4 Å². The van der Waals surface area contributed by atoms with Gasteiger partial charge in [0.25, 0.3) is 0 Å². The van der Waals surface area contributed by atoms with E-state index < -0.39 is 5.97 Å². The van der Waals surface area contributed by atoms with Crippen LogP contribution >= 0.6 is 0 Å². The van der Waals surface area contributed by atoms with Gasteiger partial charge in [0.05, 0.1) is 45.6 Å². The number of benzene rings is 1. The van der Waals surface area contributed by atoms with Crippen LogP contribution in [0.3, 0.4) is 0 Å². The molecule has 2 fully saturated rings. The highest BCUT2D eigenvalue weighted by atomic mass is 16.5. The first-order valence-electron chi connectivity index (χ1n) is 10.2. The quantitative estimate of drug-likeness (QED) is 0.677. The first-order chi connectivity index (χ1) is 14.7. The normalized spacial score (nSPS) is 18.9. The number of rotatable bonds is 7. The van der Waals surface area contributed by atoms with Crippen LogP contribution in [0, 0.1) is 0 Å². The van der Waals surface area contributed by atoms with E-state index in [0.29, 0.717) is 6.54 Å². The van der Waals surface area contributed by atoms with E-state index in [1.54, 1.807) is 0 Å².